The summed E-state index contributed by atoms with van der Waals surface area (Å²) in [6.45, 7) is 3.08. The average Bonchev–Trinajstić information content (AvgIpc) is 3.48. The van der Waals surface area contributed by atoms with E-state index in [1.807, 2.05) is 42.6 Å². The van der Waals surface area contributed by atoms with Gasteiger partial charge in [-0.25, -0.2) is 9.78 Å². The van der Waals surface area contributed by atoms with Gasteiger partial charge in [-0.05, 0) is 38.1 Å². The van der Waals surface area contributed by atoms with Gasteiger partial charge >= 0.3 is 6.03 Å². The fraction of sp³-hybridized carbons (Fsp3) is 0.167. The van der Waals surface area contributed by atoms with Crippen molar-refractivity contribution in [1.29, 1.82) is 0 Å². The number of furan rings is 1. The Kier molecular flexibility index (Phi) is 4.98. The van der Waals surface area contributed by atoms with Crippen LogP contribution in [-0.4, -0.2) is 34.3 Å². The summed E-state index contributed by atoms with van der Waals surface area (Å²) in [7, 11) is 0. The second-order valence-corrected chi connectivity index (χ2v) is 9.04. The molecule has 4 aromatic rings. The Balaban J connectivity index is 1.32. The lowest BCUT2D eigenvalue weighted by atomic mass is 9.99. The number of nitrogens with one attached hydrogen (secondary N) is 2. The van der Waals surface area contributed by atoms with E-state index < -0.39 is 29.9 Å². The number of amides is 4. The lowest BCUT2D eigenvalue weighted by molar-refractivity contribution is -0.134. The second-order valence-electron chi connectivity index (χ2n) is 7.98. The molecule has 33 heavy (non-hydrogen) atoms. The molecule has 1 atom stereocenters. The maximum Gasteiger partial charge on any atom is 0.325 e. The Labute approximate surface area is 193 Å². The van der Waals surface area contributed by atoms with Crippen molar-refractivity contribution in [1.82, 2.24) is 15.2 Å². The quantitative estimate of drug-likeness (QED) is 0.433. The molecule has 1 unspecified atom stereocenters. The maximum atomic E-state index is 13.1. The second kappa shape index (κ2) is 7.86. The van der Waals surface area contributed by atoms with Gasteiger partial charge in [0, 0.05) is 22.0 Å². The molecule has 1 saturated heterocycles. The summed E-state index contributed by atoms with van der Waals surface area (Å²) in [6, 6.07) is 15.7. The van der Waals surface area contributed by atoms with Gasteiger partial charge in [-0.3, -0.25) is 14.5 Å². The number of imide groups is 1. The highest BCUT2D eigenvalue weighted by atomic mass is 32.1. The molecular weight excluding hydrogens is 440 g/mol. The van der Waals surface area contributed by atoms with Crippen molar-refractivity contribution < 1.29 is 18.8 Å². The van der Waals surface area contributed by atoms with Crippen LogP contribution in [0.3, 0.4) is 0 Å². The van der Waals surface area contributed by atoms with Gasteiger partial charge in [0.25, 0.3) is 5.91 Å². The van der Waals surface area contributed by atoms with E-state index in [0.717, 1.165) is 26.6 Å². The number of rotatable bonds is 5. The van der Waals surface area contributed by atoms with Crippen LogP contribution < -0.4 is 10.6 Å². The van der Waals surface area contributed by atoms with Crippen LogP contribution in [0.15, 0.2) is 64.4 Å². The summed E-state index contributed by atoms with van der Waals surface area (Å²) < 4.78 is 5.81. The van der Waals surface area contributed by atoms with Crippen LogP contribution in [0, 0.1) is 6.92 Å². The molecule has 0 saturated carbocycles. The van der Waals surface area contributed by atoms with Crippen molar-refractivity contribution in [3.05, 3.63) is 70.7 Å². The van der Waals surface area contributed by atoms with E-state index in [2.05, 4.69) is 15.6 Å². The van der Waals surface area contributed by atoms with E-state index >= 15 is 0 Å². The van der Waals surface area contributed by atoms with Crippen LogP contribution in [0.5, 0.6) is 0 Å². The number of nitrogens with zero attached hydrogens (tertiary/aromatic N) is 2. The van der Waals surface area contributed by atoms with Gasteiger partial charge in [0.1, 0.15) is 17.9 Å². The first kappa shape index (κ1) is 20.9. The first-order valence-corrected chi connectivity index (χ1v) is 11.2. The Hall–Kier alpha value is -3.98. The highest BCUT2D eigenvalue weighted by Gasteiger charge is 2.51. The summed E-state index contributed by atoms with van der Waals surface area (Å²) in [4.78, 5) is 43.8. The SMILES string of the molecule is Cc1nc(-c2cccc(NC(=O)CN3C(=O)NC(C)(c4cc5ccccc5o4)C3=O)c2)cs1. The first-order chi connectivity index (χ1) is 15.8. The number of anilines is 1. The third kappa shape index (κ3) is 3.76. The van der Waals surface area contributed by atoms with E-state index in [0.29, 0.717) is 17.0 Å². The van der Waals surface area contributed by atoms with E-state index in [4.69, 9.17) is 4.42 Å². The lowest BCUT2D eigenvalue weighted by Gasteiger charge is -2.19. The van der Waals surface area contributed by atoms with Crippen molar-refractivity contribution in [2.75, 3.05) is 11.9 Å². The van der Waals surface area contributed by atoms with Crippen LogP contribution in [0.25, 0.3) is 22.2 Å². The largest absolute Gasteiger partial charge is 0.458 e. The summed E-state index contributed by atoms with van der Waals surface area (Å²) in [5.41, 5.74) is 1.46. The molecule has 4 amide bonds. The number of aromatic nitrogens is 1. The molecule has 1 aliphatic heterocycles. The molecule has 166 valence electrons. The number of hydrogen-bond acceptors (Lipinski definition) is 6. The van der Waals surface area contributed by atoms with Gasteiger partial charge in [-0.1, -0.05) is 30.3 Å². The summed E-state index contributed by atoms with van der Waals surface area (Å²) in [5, 5.41) is 9.14. The van der Waals surface area contributed by atoms with Crippen molar-refractivity contribution in [3.63, 3.8) is 0 Å². The smallest absolute Gasteiger partial charge is 0.325 e. The highest BCUT2D eigenvalue weighted by molar-refractivity contribution is 7.09. The molecule has 0 radical (unpaired) electrons. The number of urea groups is 1. The first-order valence-electron chi connectivity index (χ1n) is 10.3. The van der Waals surface area contributed by atoms with Crippen LogP contribution in [0.1, 0.15) is 17.7 Å². The molecule has 3 heterocycles. The number of carbonyl (C=O) groups is 3. The number of para-hydroxylation sites is 1. The van der Waals surface area contributed by atoms with E-state index in [-0.39, 0.29) is 0 Å². The van der Waals surface area contributed by atoms with Crippen LogP contribution in [0.2, 0.25) is 0 Å². The molecular formula is C24H20N4O4S. The van der Waals surface area contributed by atoms with Gasteiger partial charge < -0.3 is 15.1 Å². The lowest BCUT2D eigenvalue weighted by Crippen LogP contribution is -2.41. The number of aryl methyl sites for hydroxylation is 1. The molecule has 2 aromatic heterocycles. The highest BCUT2D eigenvalue weighted by Crippen LogP contribution is 2.33. The number of thiazole rings is 1. The monoisotopic (exact) mass is 460 g/mol. The fourth-order valence-electron chi connectivity index (χ4n) is 3.83. The van der Waals surface area contributed by atoms with Crippen LogP contribution in [0.4, 0.5) is 10.5 Å². The minimum absolute atomic E-state index is 0.316. The maximum absolute atomic E-state index is 13.1. The Morgan fingerprint density at radius 2 is 2.00 bits per heavy atom. The molecule has 1 fully saturated rings. The molecule has 2 aromatic carbocycles. The minimum Gasteiger partial charge on any atom is -0.458 e. The summed E-state index contributed by atoms with van der Waals surface area (Å²) >= 11 is 1.55. The third-order valence-electron chi connectivity index (χ3n) is 5.56. The Morgan fingerprint density at radius 1 is 1.18 bits per heavy atom. The zero-order valence-corrected chi connectivity index (χ0v) is 18.7. The molecule has 5 rings (SSSR count). The number of benzene rings is 2. The third-order valence-corrected chi connectivity index (χ3v) is 6.33. The molecule has 0 bridgehead atoms. The molecule has 9 heteroatoms. The molecule has 1 aliphatic rings. The van der Waals surface area contributed by atoms with Crippen molar-refractivity contribution in [3.8, 4) is 11.3 Å². The van der Waals surface area contributed by atoms with Gasteiger partial charge in [0.15, 0.2) is 5.54 Å². The predicted molar refractivity (Wildman–Crippen MR) is 125 cm³/mol. The minimum atomic E-state index is -1.39. The number of fused-ring (bicyclic) bond motifs is 1. The summed E-state index contributed by atoms with van der Waals surface area (Å²) in [6.07, 6.45) is 0. The molecule has 2 N–H and O–H groups in total. The van der Waals surface area contributed by atoms with Crippen LogP contribution in [-0.2, 0) is 15.1 Å². The van der Waals surface area contributed by atoms with Gasteiger partial charge in [-0.2, -0.15) is 0 Å². The van der Waals surface area contributed by atoms with Crippen LogP contribution >= 0.6 is 11.3 Å². The van der Waals surface area contributed by atoms with Gasteiger partial charge in [-0.15, -0.1) is 11.3 Å². The number of hydrogen-bond donors (Lipinski definition) is 2. The molecule has 0 spiro atoms. The van der Waals surface area contributed by atoms with E-state index in [1.54, 1.807) is 42.5 Å². The standard InChI is InChI=1S/C24H20N4O4S/c1-14-25-18(13-33-14)15-7-5-8-17(10-15)26-21(29)12-28-22(30)24(2,27-23(28)31)20-11-16-6-3-4-9-19(16)32-20/h3-11,13H,12H2,1-2H3,(H,26,29)(H,27,31). The zero-order valence-electron chi connectivity index (χ0n) is 17.9. The topological polar surface area (TPSA) is 105 Å². The predicted octanol–water partition coefficient (Wildman–Crippen LogP) is 4.27. The van der Waals surface area contributed by atoms with Crippen molar-refractivity contribution >= 4 is 45.8 Å². The molecule has 8 nitrogen and oxygen atoms in total. The number of carbonyl (C=O) groups excluding carboxylic acids is 3. The van der Waals surface area contributed by atoms with Crippen molar-refractivity contribution in [2.45, 2.75) is 19.4 Å². The zero-order chi connectivity index (χ0) is 23.2. The molecule has 0 aliphatic carbocycles. The fourth-order valence-corrected chi connectivity index (χ4v) is 4.45. The van der Waals surface area contributed by atoms with Crippen molar-refractivity contribution in [2.24, 2.45) is 0 Å². The average molecular weight is 461 g/mol. The Bertz CT molecular complexity index is 1380. The van der Waals surface area contributed by atoms with E-state index in [9.17, 15) is 14.4 Å². The van der Waals surface area contributed by atoms with E-state index in [1.165, 1.54) is 0 Å². The Morgan fingerprint density at radius 3 is 2.76 bits per heavy atom. The normalized spacial score (nSPS) is 18.1. The van der Waals surface area contributed by atoms with Gasteiger partial charge in [0.2, 0.25) is 5.91 Å². The van der Waals surface area contributed by atoms with Gasteiger partial charge in [0.05, 0.1) is 10.7 Å². The summed E-state index contributed by atoms with van der Waals surface area (Å²) in [5.74, 6) is -0.719.